The van der Waals surface area contributed by atoms with Crippen LogP contribution in [0.5, 0.6) is 0 Å². The molecule has 1 aromatic heterocycles. The van der Waals surface area contributed by atoms with Crippen molar-refractivity contribution < 1.29 is 14.3 Å². The summed E-state index contributed by atoms with van der Waals surface area (Å²) in [5, 5.41) is 20.2. The average molecular weight is 347 g/mol. The van der Waals surface area contributed by atoms with Gasteiger partial charge in [0.25, 0.3) is 0 Å². The predicted octanol–water partition coefficient (Wildman–Crippen LogP) is 3.29. The maximum Gasteiger partial charge on any atom is 0.220 e. The van der Waals surface area contributed by atoms with E-state index in [1.165, 1.54) is 12.1 Å². The van der Waals surface area contributed by atoms with Crippen LogP contribution in [-0.4, -0.2) is 27.3 Å². The minimum Gasteiger partial charge on any atom is -0.388 e. The predicted molar refractivity (Wildman–Crippen MR) is 94.7 cm³/mol. The van der Waals surface area contributed by atoms with Crippen molar-refractivity contribution in [3.8, 4) is 0 Å². The molecule has 2 aromatic rings. The Bertz CT molecular complexity index is 692. The van der Waals surface area contributed by atoms with Crippen LogP contribution in [0, 0.1) is 19.7 Å². The Labute approximate surface area is 147 Å². The highest BCUT2D eigenvalue weighted by atomic mass is 19.1. The number of nitrogens with one attached hydrogen (secondary N) is 2. The molecule has 0 radical (unpaired) electrons. The van der Waals surface area contributed by atoms with Gasteiger partial charge in [-0.25, -0.2) is 4.39 Å². The van der Waals surface area contributed by atoms with Gasteiger partial charge in [0, 0.05) is 18.2 Å². The van der Waals surface area contributed by atoms with E-state index in [0.29, 0.717) is 18.4 Å². The number of aliphatic hydroxyl groups excluding tert-OH is 1. The van der Waals surface area contributed by atoms with E-state index in [9.17, 15) is 14.3 Å². The van der Waals surface area contributed by atoms with Gasteiger partial charge in [-0.05, 0) is 56.4 Å². The molecule has 0 aliphatic carbocycles. The second-order valence-corrected chi connectivity index (χ2v) is 6.72. The quantitative estimate of drug-likeness (QED) is 0.719. The van der Waals surface area contributed by atoms with Crippen LogP contribution >= 0.6 is 0 Å². The van der Waals surface area contributed by atoms with Crippen LogP contribution < -0.4 is 5.32 Å². The van der Waals surface area contributed by atoms with Crippen molar-refractivity contribution >= 4 is 5.91 Å². The van der Waals surface area contributed by atoms with Crippen LogP contribution in [0.15, 0.2) is 24.3 Å². The van der Waals surface area contributed by atoms with Gasteiger partial charge in [0.1, 0.15) is 5.82 Å². The normalized spacial score (nSPS) is 14.8. The average Bonchev–Trinajstić information content (AvgIpc) is 2.86. The summed E-state index contributed by atoms with van der Waals surface area (Å²) in [6, 6.07) is 5.56. The molecule has 0 saturated carbocycles. The maximum atomic E-state index is 12.9. The summed E-state index contributed by atoms with van der Waals surface area (Å²) in [6.45, 7) is 7.73. The van der Waals surface area contributed by atoms with Gasteiger partial charge in [0.15, 0.2) is 0 Å². The Balaban J connectivity index is 1.86. The third-order valence-electron chi connectivity index (χ3n) is 4.41. The number of aryl methyl sites for hydroxylation is 2. The first-order chi connectivity index (χ1) is 11.8. The molecule has 0 aliphatic heterocycles. The number of H-pyrrole nitrogens is 1. The molecule has 2 rings (SSSR count). The number of aliphatic hydroxyl groups is 1. The third-order valence-corrected chi connectivity index (χ3v) is 4.41. The molecule has 0 spiro atoms. The molecule has 6 heteroatoms. The van der Waals surface area contributed by atoms with Crippen LogP contribution in [0.25, 0.3) is 0 Å². The lowest BCUT2D eigenvalue weighted by Gasteiger charge is -2.19. The summed E-state index contributed by atoms with van der Waals surface area (Å²) in [5.74, 6) is -0.338. The van der Waals surface area contributed by atoms with E-state index < -0.39 is 6.10 Å². The minimum absolute atomic E-state index is 0.0629. The molecule has 25 heavy (non-hydrogen) atoms. The monoisotopic (exact) mass is 347 g/mol. The van der Waals surface area contributed by atoms with E-state index in [-0.39, 0.29) is 23.7 Å². The number of carbonyl (C=O) groups is 1. The summed E-state index contributed by atoms with van der Waals surface area (Å²) in [7, 11) is 0. The molecular weight excluding hydrogens is 321 g/mol. The van der Waals surface area contributed by atoms with E-state index in [2.05, 4.69) is 15.5 Å². The summed E-state index contributed by atoms with van der Waals surface area (Å²) >= 11 is 0. The van der Waals surface area contributed by atoms with Crippen molar-refractivity contribution in [2.45, 2.75) is 58.6 Å². The van der Waals surface area contributed by atoms with Crippen molar-refractivity contribution in [2.24, 2.45) is 0 Å². The zero-order chi connectivity index (χ0) is 18.6. The zero-order valence-electron chi connectivity index (χ0n) is 15.1. The Kier molecular flexibility index (Phi) is 6.31. The van der Waals surface area contributed by atoms with Gasteiger partial charge in [-0.1, -0.05) is 19.1 Å². The first-order valence-electron chi connectivity index (χ1n) is 8.52. The molecule has 5 nitrogen and oxygen atoms in total. The number of benzene rings is 1. The number of aromatic amines is 1. The van der Waals surface area contributed by atoms with Gasteiger partial charge in [-0.2, -0.15) is 5.10 Å². The van der Waals surface area contributed by atoms with Gasteiger partial charge in [-0.15, -0.1) is 0 Å². The summed E-state index contributed by atoms with van der Waals surface area (Å²) in [5.41, 5.74) is 3.62. The highest BCUT2D eigenvalue weighted by Crippen LogP contribution is 2.24. The Morgan fingerprint density at radius 1 is 1.28 bits per heavy atom. The standard InChI is InChI=1S/C19H26FN3O2/c1-11(19-13(3)22-23-14(19)4)9-18(25)21-12(2)10-17(24)15-5-7-16(20)8-6-15/h5-8,11-12,17,24H,9-10H2,1-4H3,(H,21,25)(H,22,23). The summed E-state index contributed by atoms with van der Waals surface area (Å²) in [4.78, 5) is 12.3. The molecule has 1 aromatic carbocycles. The second kappa shape index (κ2) is 8.25. The summed E-state index contributed by atoms with van der Waals surface area (Å²) in [6.07, 6.45) is -0.0139. The van der Waals surface area contributed by atoms with Gasteiger partial charge < -0.3 is 10.4 Å². The fourth-order valence-electron chi connectivity index (χ4n) is 3.21. The summed E-state index contributed by atoms with van der Waals surface area (Å²) < 4.78 is 12.9. The zero-order valence-corrected chi connectivity index (χ0v) is 15.1. The molecule has 136 valence electrons. The van der Waals surface area contributed by atoms with Gasteiger partial charge in [-0.3, -0.25) is 9.89 Å². The van der Waals surface area contributed by atoms with Crippen molar-refractivity contribution in [3.05, 3.63) is 52.6 Å². The lowest BCUT2D eigenvalue weighted by atomic mass is 9.95. The van der Waals surface area contributed by atoms with E-state index in [1.54, 1.807) is 12.1 Å². The second-order valence-electron chi connectivity index (χ2n) is 6.72. The molecule has 1 heterocycles. The SMILES string of the molecule is Cc1n[nH]c(C)c1C(C)CC(=O)NC(C)CC(O)c1ccc(F)cc1. The first-order valence-corrected chi connectivity index (χ1v) is 8.52. The van der Waals surface area contributed by atoms with Gasteiger partial charge in [0.2, 0.25) is 5.91 Å². The van der Waals surface area contributed by atoms with Gasteiger partial charge in [0.05, 0.1) is 11.8 Å². The molecular formula is C19H26FN3O2. The Morgan fingerprint density at radius 2 is 1.92 bits per heavy atom. The van der Waals surface area contributed by atoms with E-state index in [0.717, 1.165) is 17.0 Å². The number of rotatable bonds is 7. The number of hydrogen-bond acceptors (Lipinski definition) is 3. The van der Waals surface area contributed by atoms with Crippen LogP contribution in [0.4, 0.5) is 4.39 Å². The van der Waals surface area contributed by atoms with Gasteiger partial charge >= 0.3 is 0 Å². The van der Waals surface area contributed by atoms with Crippen LogP contribution in [0.3, 0.4) is 0 Å². The van der Waals surface area contributed by atoms with Crippen molar-refractivity contribution in [3.63, 3.8) is 0 Å². The maximum absolute atomic E-state index is 12.9. The van der Waals surface area contributed by atoms with Crippen molar-refractivity contribution in [1.29, 1.82) is 0 Å². The lowest BCUT2D eigenvalue weighted by molar-refractivity contribution is -0.122. The smallest absolute Gasteiger partial charge is 0.220 e. The molecule has 3 unspecified atom stereocenters. The van der Waals surface area contributed by atoms with Crippen LogP contribution in [-0.2, 0) is 4.79 Å². The van der Waals surface area contributed by atoms with E-state index in [4.69, 9.17) is 0 Å². The first kappa shape index (κ1) is 19.1. The number of hydrogen-bond donors (Lipinski definition) is 3. The molecule has 1 amide bonds. The highest BCUT2D eigenvalue weighted by molar-refractivity contribution is 5.77. The number of carbonyl (C=O) groups excluding carboxylic acids is 1. The Morgan fingerprint density at radius 3 is 2.48 bits per heavy atom. The Hall–Kier alpha value is -2.21. The number of aromatic nitrogens is 2. The molecule has 3 atom stereocenters. The molecule has 0 aliphatic rings. The fourth-order valence-corrected chi connectivity index (χ4v) is 3.21. The van der Waals surface area contributed by atoms with Crippen LogP contribution in [0.2, 0.25) is 0 Å². The largest absolute Gasteiger partial charge is 0.388 e. The molecule has 0 bridgehead atoms. The van der Waals surface area contributed by atoms with E-state index >= 15 is 0 Å². The van der Waals surface area contributed by atoms with Crippen molar-refractivity contribution in [2.75, 3.05) is 0 Å². The van der Waals surface area contributed by atoms with E-state index in [1.807, 2.05) is 27.7 Å². The number of halogens is 1. The molecule has 3 N–H and O–H groups in total. The lowest BCUT2D eigenvalue weighted by Crippen LogP contribution is -2.34. The third kappa shape index (κ3) is 5.13. The molecule has 0 fully saturated rings. The fraction of sp³-hybridized carbons (Fsp3) is 0.474. The highest BCUT2D eigenvalue weighted by Gasteiger charge is 2.20. The number of nitrogens with zero attached hydrogens (tertiary/aromatic N) is 1. The number of amides is 1. The molecule has 0 saturated heterocycles. The topological polar surface area (TPSA) is 78.0 Å². The van der Waals surface area contributed by atoms with Crippen molar-refractivity contribution in [1.82, 2.24) is 15.5 Å². The van der Waals surface area contributed by atoms with Crippen LogP contribution in [0.1, 0.15) is 61.2 Å². The minimum atomic E-state index is -0.744.